The summed E-state index contributed by atoms with van der Waals surface area (Å²) in [6, 6.07) is 8.78. The van der Waals surface area contributed by atoms with E-state index in [4.69, 9.17) is 21.1 Å². The third-order valence-corrected chi connectivity index (χ3v) is 3.99. The first kappa shape index (κ1) is 15.8. The standard InChI is InChI=1S/C16H18ClN3O3/c1-20-14(5-7-18-20)16-13(6-8-22-16)19-15(21)10-23-12-4-2-3-11(17)9-12/h2-5,7,9,13,16H,6,8,10H2,1H3,(H,19,21)/t13-,16-/m0/s1. The molecule has 1 aliphatic heterocycles. The maximum absolute atomic E-state index is 12.1. The number of carbonyl (C=O) groups excluding carboxylic acids is 1. The van der Waals surface area contributed by atoms with Crippen molar-refractivity contribution in [1.29, 1.82) is 0 Å². The molecule has 1 aromatic carbocycles. The van der Waals surface area contributed by atoms with E-state index >= 15 is 0 Å². The molecule has 122 valence electrons. The molecule has 1 saturated heterocycles. The lowest BCUT2D eigenvalue weighted by Crippen LogP contribution is -2.40. The molecule has 0 unspecified atom stereocenters. The molecule has 1 N–H and O–H groups in total. The van der Waals surface area contributed by atoms with Gasteiger partial charge in [-0.25, -0.2) is 0 Å². The van der Waals surface area contributed by atoms with Gasteiger partial charge in [0.2, 0.25) is 0 Å². The predicted octanol–water partition coefficient (Wildman–Crippen LogP) is 2.10. The van der Waals surface area contributed by atoms with Crippen LogP contribution in [0.4, 0.5) is 0 Å². The van der Waals surface area contributed by atoms with Crippen LogP contribution < -0.4 is 10.1 Å². The van der Waals surface area contributed by atoms with Gasteiger partial charge in [-0.1, -0.05) is 17.7 Å². The van der Waals surface area contributed by atoms with Gasteiger partial charge >= 0.3 is 0 Å². The van der Waals surface area contributed by atoms with Crippen LogP contribution in [0, 0.1) is 0 Å². The van der Waals surface area contributed by atoms with Crippen molar-refractivity contribution in [3.05, 3.63) is 47.2 Å². The second-order valence-corrected chi connectivity index (χ2v) is 5.82. The molecule has 1 amide bonds. The van der Waals surface area contributed by atoms with E-state index in [9.17, 15) is 4.79 Å². The Balaban J connectivity index is 1.56. The van der Waals surface area contributed by atoms with Gasteiger partial charge in [-0.3, -0.25) is 9.48 Å². The second kappa shape index (κ2) is 7.02. The van der Waals surface area contributed by atoms with E-state index in [2.05, 4.69) is 10.4 Å². The highest BCUT2D eigenvalue weighted by molar-refractivity contribution is 6.30. The smallest absolute Gasteiger partial charge is 0.258 e. The van der Waals surface area contributed by atoms with Gasteiger partial charge in [0.15, 0.2) is 6.61 Å². The summed E-state index contributed by atoms with van der Waals surface area (Å²) in [6.07, 6.45) is 2.30. The summed E-state index contributed by atoms with van der Waals surface area (Å²) in [4.78, 5) is 12.1. The molecule has 0 spiro atoms. The van der Waals surface area contributed by atoms with E-state index in [1.54, 1.807) is 35.1 Å². The lowest BCUT2D eigenvalue weighted by Gasteiger charge is -2.20. The van der Waals surface area contributed by atoms with Gasteiger partial charge in [0.1, 0.15) is 11.9 Å². The first-order chi connectivity index (χ1) is 11.1. The Labute approximate surface area is 139 Å². The zero-order chi connectivity index (χ0) is 16.2. The Morgan fingerprint density at radius 1 is 1.52 bits per heavy atom. The first-order valence-corrected chi connectivity index (χ1v) is 7.78. The molecule has 7 heteroatoms. The summed E-state index contributed by atoms with van der Waals surface area (Å²) in [5.74, 6) is 0.381. The monoisotopic (exact) mass is 335 g/mol. The number of carbonyl (C=O) groups is 1. The number of amides is 1. The molecule has 0 aliphatic carbocycles. The van der Waals surface area contributed by atoms with Gasteiger partial charge in [0.25, 0.3) is 5.91 Å². The summed E-state index contributed by atoms with van der Waals surface area (Å²) in [7, 11) is 1.86. The molecule has 0 radical (unpaired) electrons. The lowest BCUT2D eigenvalue weighted by molar-refractivity contribution is -0.124. The zero-order valence-electron chi connectivity index (χ0n) is 12.7. The number of rotatable bonds is 5. The van der Waals surface area contributed by atoms with Crippen molar-refractivity contribution in [1.82, 2.24) is 15.1 Å². The molecule has 2 heterocycles. The van der Waals surface area contributed by atoms with Crippen LogP contribution in [0.3, 0.4) is 0 Å². The minimum Gasteiger partial charge on any atom is -0.484 e. The number of nitrogens with one attached hydrogen (secondary N) is 1. The Bertz CT molecular complexity index is 689. The van der Waals surface area contributed by atoms with Crippen molar-refractivity contribution >= 4 is 17.5 Å². The Hall–Kier alpha value is -2.05. The fourth-order valence-electron chi connectivity index (χ4n) is 2.65. The highest BCUT2D eigenvalue weighted by atomic mass is 35.5. The van der Waals surface area contributed by atoms with Crippen LogP contribution >= 0.6 is 11.6 Å². The number of nitrogens with zero attached hydrogens (tertiary/aromatic N) is 2. The van der Waals surface area contributed by atoms with Crippen molar-refractivity contribution in [2.75, 3.05) is 13.2 Å². The highest BCUT2D eigenvalue weighted by Gasteiger charge is 2.32. The third kappa shape index (κ3) is 3.83. The quantitative estimate of drug-likeness (QED) is 0.908. The van der Waals surface area contributed by atoms with Crippen LogP contribution in [0.15, 0.2) is 36.5 Å². The fourth-order valence-corrected chi connectivity index (χ4v) is 2.83. The SMILES string of the molecule is Cn1nccc1[C@H]1OCC[C@@H]1NC(=O)COc1cccc(Cl)c1. The van der Waals surface area contributed by atoms with Crippen LogP contribution in [0.1, 0.15) is 18.2 Å². The number of benzene rings is 1. The van der Waals surface area contributed by atoms with Crippen molar-refractivity contribution in [2.24, 2.45) is 7.05 Å². The van der Waals surface area contributed by atoms with Gasteiger partial charge in [0, 0.05) is 24.9 Å². The van der Waals surface area contributed by atoms with Gasteiger partial charge < -0.3 is 14.8 Å². The van der Waals surface area contributed by atoms with Crippen molar-refractivity contribution in [3.63, 3.8) is 0 Å². The van der Waals surface area contributed by atoms with Gasteiger partial charge in [-0.05, 0) is 30.7 Å². The molecule has 6 nitrogen and oxygen atoms in total. The molecule has 1 aromatic heterocycles. The number of hydrogen-bond acceptors (Lipinski definition) is 4. The van der Waals surface area contributed by atoms with Crippen LogP contribution in [0.5, 0.6) is 5.75 Å². The minimum atomic E-state index is -0.187. The van der Waals surface area contributed by atoms with Crippen LogP contribution in [-0.4, -0.2) is 34.9 Å². The molecule has 0 bridgehead atoms. The van der Waals surface area contributed by atoms with Gasteiger partial charge in [-0.2, -0.15) is 5.10 Å². The highest BCUT2D eigenvalue weighted by Crippen LogP contribution is 2.28. The largest absolute Gasteiger partial charge is 0.484 e. The second-order valence-electron chi connectivity index (χ2n) is 5.38. The Morgan fingerprint density at radius 3 is 3.13 bits per heavy atom. The third-order valence-electron chi connectivity index (χ3n) is 3.75. The maximum Gasteiger partial charge on any atom is 0.258 e. The molecule has 2 aromatic rings. The summed E-state index contributed by atoms with van der Waals surface area (Å²) < 4.78 is 13.0. The number of aromatic nitrogens is 2. The number of halogens is 1. The predicted molar refractivity (Wildman–Crippen MR) is 85.4 cm³/mol. The lowest BCUT2D eigenvalue weighted by atomic mass is 10.1. The normalized spacial score (nSPS) is 20.4. The number of aryl methyl sites for hydroxylation is 1. The van der Waals surface area contributed by atoms with Crippen LogP contribution in [0.25, 0.3) is 0 Å². The van der Waals surface area contributed by atoms with E-state index < -0.39 is 0 Å². The minimum absolute atomic E-state index is 0.0606. The van der Waals surface area contributed by atoms with Crippen molar-refractivity contribution < 1.29 is 14.3 Å². The van der Waals surface area contributed by atoms with Crippen LogP contribution in [-0.2, 0) is 16.6 Å². The molecule has 1 aliphatic rings. The van der Waals surface area contributed by atoms with E-state index in [-0.39, 0.29) is 24.7 Å². The van der Waals surface area contributed by atoms with E-state index in [0.29, 0.717) is 17.4 Å². The summed E-state index contributed by atoms with van der Waals surface area (Å²) in [5, 5.41) is 7.68. The molecular formula is C16H18ClN3O3. The van der Waals surface area contributed by atoms with E-state index in [1.807, 2.05) is 13.1 Å². The van der Waals surface area contributed by atoms with Gasteiger partial charge in [0.05, 0.1) is 11.7 Å². The average Bonchev–Trinajstić information content (AvgIpc) is 3.14. The Morgan fingerprint density at radius 2 is 2.39 bits per heavy atom. The molecule has 0 saturated carbocycles. The van der Waals surface area contributed by atoms with Crippen molar-refractivity contribution in [2.45, 2.75) is 18.6 Å². The zero-order valence-corrected chi connectivity index (χ0v) is 13.5. The summed E-state index contributed by atoms with van der Waals surface area (Å²) in [6.45, 7) is 0.547. The fraction of sp³-hybridized carbons (Fsp3) is 0.375. The van der Waals surface area contributed by atoms with Crippen LogP contribution in [0.2, 0.25) is 5.02 Å². The summed E-state index contributed by atoms with van der Waals surface area (Å²) >= 11 is 5.88. The Kier molecular flexibility index (Phi) is 4.83. The first-order valence-electron chi connectivity index (χ1n) is 7.41. The van der Waals surface area contributed by atoms with Gasteiger partial charge in [-0.15, -0.1) is 0 Å². The summed E-state index contributed by atoms with van der Waals surface area (Å²) in [5.41, 5.74) is 0.948. The topological polar surface area (TPSA) is 65.4 Å². The molecular weight excluding hydrogens is 318 g/mol. The molecule has 3 rings (SSSR count). The molecule has 1 fully saturated rings. The maximum atomic E-state index is 12.1. The van der Waals surface area contributed by atoms with Crippen molar-refractivity contribution in [3.8, 4) is 5.75 Å². The average molecular weight is 336 g/mol. The molecule has 23 heavy (non-hydrogen) atoms. The van der Waals surface area contributed by atoms with E-state index in [1.165, 1.54) is 0 Å². The number of hydrogen-bond donors (Lipinski definition) is 1. The van der Waals surface area contributed by atoms with E-state index in [0.717, 1.165) is 12.1 Å². The molecule has 2 atom stereocenters. The number of ether oxygens (including phenoxy) is 2.